The number of benzene rings is 1. The van der Waals surface area contributed by atoms with Crippen LogP contribution in [0.2, 0.25) is 0 Å². The van der Waals surface area contributed by atoms with E-state index in [9.17, 15) is 9.18 Å². The molecule has 1 aromatic rings. The Morgan fingerprint density at radius 3 is 2.65 bits per heavy atom. The number of halogens is 1. The first-order valence-corrected chi connectivity index (χ1v) is 7.17. The van der Waals surface area contributed by atoms with Crippen LogP contribution < -0.4 is 5.32 Å². The zero-order chi connectivity index (χ0) is 14.8. The zero-order valence-electron chi connectivity index (χ0n) is 11.9. The second kappa shape index (κ2) is 9.08. The van der Waals surface area contributed by atoms with Crippen molar-refractivity contribution in [3.8, 4) is 6.07 Å². The minimum absolute atomic E-state index is 0.108. The van der Waals surface area contributed by atoms with Gasteiger partial charge in [0.15, 0.2) is 0 Å². The number of amides is 1. The van der Waals surface area contributed by atoms with Gasteiger partial charge in [0.1, 0.15) is 17.4 Å². The van der Waals surface area contributed by atoms with Gasteiger partial charge >= 0.3 is 0 Å². The second-order valence-electron chi connectivity index (χ2n) is 4.84. The summed E-state index contributed by atoms with van der Waals surface area (Å²) >= 11 is 0. The van der Waals surface area contributed by atoms with Crippen molar-refractivity contribution in [1.82, 2.24) is 0 Å². The molecule has 0 fully saturated rings. The van der Waals surface area contributed by atoms with E-state index in [2.05, 4.69) is 12.2 Å². The van der Waals surface area contributed by atoms with Crippen LogP contribution in [0.5, 0.6) is 0 Å². The van der Waals surface area contributed by atoms with Gasteiger partial charge in [-0.3, -0.25) is 4.79 Å². The van der Waals surface area contributed by atoms with Crippen LogP contribution in [0, 0.1) is 17.1 Å². The van der Waals surface area contributed by atoms with E-state index in [1.807, 2.05) is 0 Å². The number of nitrogens with zero attached hydrogens (tertiary/aromatic N) is 1. The van der Waals surface area contributed by atoms with Crippen LogP contribution in [-0.4, -0.2) is 5.91 Å². The molecule has 0 aliphatic carbocycles. The summed E-state index contributed by atoms with van der Waals surface area (Å²) in [5, 5.41) is 11.5. The highest BCUT2D eigenvalue weighted by Crippen LogP contribution is 2.18. The Labute approximate surface area is 119 Å². The summed E-state index contributed by atoms with van der Waals surface area (Å²) in [7, 11) is 0. The maximum atomic E-state index is 13.4. The Hall–Kier alpha value is -1.89. The van der Waals surface area contributed by atoms with Crippen LogP contribution in [0.1, 0.15) is 57.4 Å². The van der Waals surface area contributed by atoms with Gasteiger partial charge in [-0.15, -0.1) is 0 Å². The molecular formula is C16H21FN2O. The highest BCUT2D eigenvalue weighted by atomic mass is 19.1. The number of rotatable bonds is 8. The highest BCUT2D eigenvalue weighted by Gasteiger charge is 2.10. The molecule has 0 unspecified atom stereocenters. The van der Waals surface area contributed by atoms with Crippen LogP contribution in [0.15, 0.2) is 18.2 Å². The third-order valence-corrected chi connectivity index (χ3v) is 3.16. The van der Waals surface area contributed by atoms with Crippen LogP contribution in [0.4, 0.5) is 10.1 Å². The van der Waals surface area contributed by atoms with E-state index >= 15 is 0 Å². The molecule has 0 aliphatic rings. The van der Waals surface area contributed by atoms with E-state index in [0.717, 1.165) is 19.3 Å². The summed E-state index contributed by atoms with van der Waals surface area (Å²) in [6.07, 6.45) is 7.06. The molecule has 20 heavy (non-hydrogen) atoms. The van der Waals surface area contributed by atoms with Gasteiger partial charge in [0.2, 0.25) is 5.91 Å². The Bertz CT molecular complexity index is 480. The minimum atomic E-state index is -0.607. The highest BCUT2D eigenvalue weighted by molar-refractivity contribution is 5.92. The zero-order valence-corrected chi connectivity index (χ0v) is 11.9. The molecule has 1 aromatic carbocycles. The molecule has 1 N–H and O–H groups in total. The van der Waals surface area contributed by atoms with Crippen LogP contribution >= 0.6 is 0 Å². The van der Waals surface area contributed by atoms with Gasteiger partial charge in [-0.1, -0.05) is 45.1 Å². The second-order valence-corrected chi connectivity index (χ2v) is 4.84. The van der Waals surface area contributed by atoms with Crippen molar-refractivity contribution in [1.29, 1.82) is 5.26 Å². The van der Waals surface area contributed by atoms with Crippen molar-refractivity contribution >= 4 is 11.6 Å². The number of nitrogens with one attached hydrogen (secondary N) is 1. The van der Waals surface area contributed by atoms with E-state index in [1.165, 1.54) is 31.4 Å². The van der Waals surface area contributed by atoms with E-state index in [4.69, 9.17) is 5.26 Å². The lowest BCUT2D eigenvalue weighted by Crippen LogP contribution is -2.12. The molecule has 0 radical (unpaired) electrons. The number of hydrogen-bond donors (Lipinski definition) is 1. The normalized spacial score (nSPS) is 10.1. The summed E-state index contributed by atoms with van der Waals surface area (Å²) < 4.78 is 13.4. The molecule has 0 atom stereocenters. The standard InChI is InChI=1S/C16H21FN2O/c1-2-3-4-5-6-7-11-16(20)19-15-10-8-9-14(17)13(15)12-18/h8-10H,2-7,11H2,1H3,(H,19,20). The summed E-state index contributed by atoms with van der Waals surface area (Å²) in [4.78, 5) is 11.7. The van der Waals surface area contributed by atoms with Gasteiger partial charge in [-0.2, -0.15) is 5.26 Å². The molecule has 0 saturated carbocycles. The van der Waals surface area contributed by atoms with Crippen molar-refractivity contribution in [3.63, 3.8) is 0 Å². The van der Waals surface area contributed by atoms with Crippen molar-refractivity contribution in [2.45, 2.75) is 51.9 Å². The Morgan fingerprint density at radius 2 is 1.95 bits per heavy atom. The Kier molecular flexibility index (Phi) is 7.34. The topological polar surface area (TPSA) is 52.9 Å². The van der Waals surface area contributed by atoms with E-state index < -0.39 is 5.82 Å². The fourth-order valence-electron chi connectivity index (χ4n) is 2.02. The van der Waals surface area contributed by atoms with Gasteiger partial charge in [0, 0.05) is 6.42 Å². The number of carbonyl (C=O) groups excluding carboxylic acids is 1. The predicted octanol–water partition coefficient (Wildman–Crippen LogP) is 4.39. The van der Waals surface area contributed by atoms with E-state index in [1.54, 1.807) is 12.1 Å². The number of anilines is 1. The minimum Gasteiger partial charge on any atom is -0.325 e. The largest absolute Gasteiger partial charge is 0.325 e. The Morgan fingerprint density at radius 1 is 1.25 bits per heavy atom. The third kappa shape index (κ3) is 5.40. The van der Waals surface area contributed by atoms with Gasteiger partial charge in [-0.05, 0) is 18.6 Å². The average Bonchev–Trinajstić information content (AvgIpc) is 2.43. The number of carbonyl (C=O) groups is 1. The van der Waals surface area contributed by atoms with Gasteiger partial charge < -0.3 is 5.32 Å². The lowest BCUT2D eigenvalue weighted by molar-refractivity contribution is -0.116. The maximum Gasteiger partial charge on any atom is 0.224 e. The van der Waals surface area contributed by atoms with Crippen LogP contribution in [0.3, 0.4) is 0 Å². The summed E-state index contributed by atoms with van der Waals surface area (Å²) in [5.41, 5.74) is 0.146. The molecule has 1 rings (SSSR count). The van der Waals surface area contributed by atoms with Crippen molar-refractivity contribution < 1.29 is 9.18 Å². The van der Waals surface area contributed by atoms with Gasteiger partial charge in [0.25, 0.3) is 0 Å². The fraction of sp³-hybridized carbons (Fsp3) is 0.500. The molecular weight excluding hydrogens is 255 g/mol. The van der Waals surface area contributed by atoms with Crippen LogP contribution in [-0.2, 0) is 4.79 Å². The fourth-order valence-corrected chi connectivity index (χ4v) is 2.02. The first kappa shape index (κ1) is 16.2. The molecule has 4 heteroatoms. The molecule has 0 bridgehead atoms. The van der Waals surface area contributed by atoms with Crippen molar-refractivity contribution in [3.05, 3.63) is 29.6 Å². The molecule has 0 heterocycles. The summed E-state index contributed by atoms with van der Waals surface area (Å²) in [5.74, 6) is -0.771. The third-order valence-electron chi connectivity index (χ3n) is 3.16. The van der Waals surface area contributed by atoms with E-state index in [0.29, 0.717) is 6.42 Å². The first-order valence-electron chi connectivity index (χ1n) is 7.17. The van der Waals surface area contributed by atoms with Gasteiger partial charge in [0.05, 0.1) is 5.69 Å². The monoisotopic (exact) mass is 276 g/mol. The molecule has 3 nitrogen and oxygen atoms in total. The molecule has 0 spiro atoms. The molecule has 108 valence electrons. The quantitative estimate of drug-likeness (QED) is 0.716. The number of unbranched alkanes of at least 4 members (excludes halogenated alkanes) is 5. The molecule has 0 saturated heterocycles. The first-order chi connectivity index (χ1) is 9.69. The average molecular weight is 276 g/mol. The summed E-state index contributed by atoms with van der Waals surface area (Å²) in [6, 6.07) is 6.01. The van der Waals surface area contributed by atoms with E-state index in [-0.39, 0.29) is 17.2 Å². The molecule has 0 aliphatic heterocycles. The van der Waals surface area contributed by atoms with Crippen LogP contribution in [0.25, 0.3) is 0 Å². The lowest BCUT2D eigenvalue weighted by atomic mass is 10.1. The molecule has 0 aromatic heterocycles. The number of hydrogen-bond acceptors (Lipinski definition) is 2. The Balaban J connectivity index is 2.36. The predicted molar refractivity (Wildman–Crippen MR) is 77.7 cm³/mol. The van der Waals surface area contributed by atoms with Gasteiger partial charge in [-0.25, -0.2) is 4.39 Å². The van der Waals surface area contributed by atoms with Crippen molar-refractivity contribution in [2.24, 2.45) is 0 Å². The smallest absolute Gasteiger partial charge is 0.224 e. The lowest BCUT2D eigenvalue weighted by Gasteiger charge is -2.07. The summed E-state index contributed by atoms with van der Waals surface area (Å²) in [6.45, 7) is 2.17. The maximum absolute atomic E-state index is 13.4. The SMILES string of the molecule is CCCCCCCCC(=O)Nc1cccc(F)c1C#N. The molecule has 1 amide bonds. The number of nitriles is 1. The van der Waals surface area contributed by atoms with Crippen molar-refractivity contribution in [2.75, 3.05) is 5.32 Å².